The highest BCUT2D eigenvalue weighted by Crippen LogP contribution is 2.23. The monoisotopic (exact) mass is 275 g/mol. The highest BCUT2D eigenvalue weighted by Gasteiger charge is 2.27. The van der Waals surface area contributed by atoms with Crippen molar-refractivity contribution in [2.24, 2.45) is 5.92 Å². The number of hydrogen-bond acceptors (Lipinski definition) is 5. The molecule has 1 fully saturated rings. The molecule has 0 aromatic carbocycles. The van der Waals surface area contributed by atoms with E-state index in [9.17, 15) is 0 Å². The molecule has 2 aromatic rings. The van der Waals surface area contributed by atoms with Gasteiger partial charge in [0.25, 0.3) is 0 Å². The second kappa shape index (κ2) is 5.36. The van der Waals surface area contributed by atoms with Gasteiger partial charge >= 0.3 is 0 Å². The van der Waals surface area contributed by atoms with E-state index in [0.29, 0.717) is 5.92 Å². The second-order valence-corrected chi connectivity index (χ2v) is 5.42. The van der Waals surface area contributed by atoms with Crippen molar-refractivity contribution in [1.29, 1.82) is 0 Å². The second-order valence-electron chi connectivity index (χ2n) is 5.42. The Morgan fingerprint density at radius 1 is 1.35 bits per heavy atom. The summed E-state index contributed by atoms with van der Waals surface area (Å²) in [7, 11) is 1.79. The minimum atomic E-state index is 0.271. The molecule has 0 aliphatic carbocycles. The number of hydrogen-bond donors (Lipinski definition) is 0. The third-order valence-electron chi connectivity index (χ3n) is 4.15. The number of ether oxygens (including phenoxy) is 1. The van der Waals surface area contributed by atoms with E-state index in [1.807, 2.05) is 16.6 Å². The van der Waals surface area contributed by atoms with Crippen molar-refractivity contribution in [3.05, 3.63) is 18.0 Å². The van der Waals surface area contributed by atoms with Gasteiger partial charge in [-0.25, -0.2) is 0 Å². The van der Waals surface area contributed by atoms with Crippen LogP contribution in [0.5, 0.6) is 0 Å². The zero-order valence-electron chi connectivity index (χ0n) is 12.3. The fourth-order valence-corrected chi connectivity index (χ4v) is 2.76. The smallest absolute Gasteiger partial charge is 0.178 e. The van der Waals surface area contributed by atoms with Gasteiger partial charge in [0, 0.05) is 26.6 Å². The molecule has 20 heavy (non-hydrogen) atoms. The lowest BCUT2D eigenvalue weighted by Crippen LogP contribution is -2.44. The Kier molecular flexibility index (Phi) is 3.56. The fourth-order valence-electron chi connectivity index (χ4n) is 2.76. The molecule has 0 saturated carbocycles. The number of anilines is 1. The molecule has 1 aliphatic rings. The van der Waals surface area contributed by atoms with Crippen LogP contribution in [-0.2, 0) is 11.2 Å². The molecule has 6 nitrogen and oxygen atoms in total. The van der Waals surface area contributed by atoms with Crippen molar-refractivity contribution in [2.75, 3.05) is 25.1 Å². The van der Waals surface area contributed by atoms with Gasteiger partial charge in [-0.1, -0.05) is 13.8 Å². The normalized spacial score (nSPS) is 23.4. The average Bonchev–Trinajstić information content (AvgIpc) is 2.90. The van der Waals surface area contributed by atoms with Crippen molar-refractivity contribution in [3.8, 4) is 0 Å². The maximum atomic E-state index is 5.57. The minimum Gasteiger partial charge on any atom is -0.379 e. The number of fused-ring (bicyclic) bond motifs is 1. The summed E-state index contributed by atoms with van der Waals surface area (Å²) in [5.41, 5.74) is 0.805. The van der Waals surface area contributed by atoms with Gasteiger partial charge in [0.2, 0.25) is 0 Å². The highest BCUT2D eigenvalue weighted by atomic mass is 16.5. The summed E-state index contributed by atoms with van der Waals surface area (Å²) in [6.07, 6.45) is 2.23. The first-order valence-electron chi connectivity index (χ1n) is 7.22. The van der Waals surface area contributed by atoms with Crippen molar-refractivity contribution in [1.82, 2.24) is 19.8 Å². The van der Waals surface area contributed by atoms with Crippen LogP contribution in [0.1, 0.15) is 26.1 Å². The lowest BCUT2D eigenvalue weighted by atomic mass is 9.96. The number of aromatic nitrogens is 4. The Morgan fingerprint density at radius 3 is 2.95 bits per heavy atom. The summed E-state index contributed by atoms with van der Waals surface area (Å²) in [6, 6.07) is 4.00. The van der Waals surface area contributed by atoms with Crippen LogP contribution in [0, 0.1) is 5.92 Å². The molecule has 3 heterocycles. The first kappa shape index (κ1) is 13.3. The van der Waals surface area contributed by atoms with Crippen molar-refractivity contribution in [3.63, 3.8) is 0 Å². The largest absolute Gasteiger partial charge is 0.379 e. The van der Waals surface area contributed by atoms with E-state index in [-0.39, 0.29) is 6.10 Å². The number of piperidine rings is 1. The van der Waals surface area contributed by atoms with E-state index in [2.05, 4.69) is 34.0 Å². The molecule has 1 saturated heterocycles. The van der Waals surface area contributed by atoms with Gasteiger partial charge in [0.1, 0.15) is 5.82 Å². The maximum absolute atomic E-state index is 5.57. The van der Waals surface area contributed by atoms with Crippen molar-refractivity contribution in [2.45, 2.75) is 32.8 Å². The summed E-state index contributed by atoms with van der Waals surface area (Å²) in [6.45, 7) is 6.22. The van der Waals surface area contributed by atoms with Crippen LogP contribution in [0.3, 0.4) is 0 Å². The van der Waals surface area contributed by atoms with Crippen LogP contribution in [0.2, 0.25) is 0 Å². The quantitative estimate of drug-likeness (QED) is 0.850. The van der Waals surface area contributed by atoms with Crippen LogP contribution in [0.4, 0.5) is 5.82 Å². The number of rotatable bonds is 3. The van der Waals surface area contributed by atoms with Gasteiger partial charge in [0.05, 0.1) is 6.10 Å². The molecular formula is C14H21N5O. The van der Waals surface area contributed by atoms with E-state index < -0.39 is 0 Å². The van der Waals surface area contributed by atoms with E-state index in [1.54, 1.807) is 7.11 Å². The molecule has 1 aliphatic heterocycles. The summed E-state index contributed by atoms with van der Waals surface area (Å²) in [5.74, 6) is 2.47. The Balaban J connectivity index is 1.90. The van der Waals surface area contributed by atoms with E-state index in [1.165, 1.54) is 0 Å². The Labute approximate surface area is 118 Å². The van der Waals surface area contributed by atoms with Gasteiger partial charge in [-0.15, -0.1) is 15.3 Å². The van der Waals surface area contributed by atoms with Crippen LogP contribution in [0.25, 0.3) is 5.65 Å². The molecule has 0 spiro atoms. The lowest BCUT2D eigenvalue weighted by molar-refractivity contribution is 0.0496. The molecule has 0 radical (unpaired) electrons. The standard InChI is InChI=1S/C14H21N5O/c1-4-12-15-16-13-5-6-14(17-19(12)13)18-8-7-10(2)11(9-18)20-3/h5-6,10-11H,4,7-9H2,1-3H3. The van der Waals surface area contributed by atoms with Gasteiger partial charge in [-0.2, -0.15) is 4.52 Å². The predicted octanol–water partition coefficient (Wildman–Crippen LogP) is 1.55. The summed E-state index contributed by atoms with van der Waals surface area (Å²) < 4.78 is 7.41. The molecule has 0 bridgehead atoms. The van der Waals surface area contributed by atoms with Gasteiger partial charge < -0.3 is 9.64 Å². The van der Waals surface area contributed by atoms with Crippen LogP contribution in [0.15, 0.2) is 12.1 Å². The number of nitrogens with zero attached hydrogens (tertiary/aromatic N) is 5. The van der Waals surface area contributed by atoms with E-state index in [4.69, 9.17) is 4.74 Å². The molecule has 0 N–H and O–H groups in total. The van der Waals surface area contributed by atoms with E-state index >= 15 is 0 Å². The molecule has 2 unspecified atom stereocenters. The molecule has 108 valence electrons. The molecule has 2 atom stereocenters. The van der Waals surface area contributed by atoms with E-state index in [0.717, 1.165) is 43.2 Å². The first-order valence-corrected chi connectivity index (χ1v) is 7.22. The van der Waals surface area contributed by atoms with Crippen LogP contribution < -0.4 is 4.90 Å². The molecule has 2 aromatic heterocycles. The maximum Gasteiger partial charge on any atom is 0.178 e. The fraction of sp³-hybridized carbons (Fsp3) is 0.643. The number of methoxy groups -OCH3 is 1. The van der Waals surface area contributed by atoms with Gasteiger partial charge in [-0.05, 0) is 24.5 Å². The summed E-state index contributed by atoms with van der Waals surface area (Å²) in [5, 5.41) is 13.0. The third-order valence-corrected chi connectivity index (χ3v) is 4.15. The Hall–Kier alpha value is -1.69. The van der Waals surface area contributed by atoms with Crippen molar-refractivity contribution >= 4 is 11.5 Å². The highest BCUT2D eigenvalue weighted by molar-refractivity contribution is 5.46. The minimum absolute atomic E-state index is 0.271. The number of aryl methyl sites for hydroxylation is 1. The van der Waals surface area contributed by atoms with Crippen molar-refractivity contribution < 1.29 is 4.74 Å². The molecule has 0 amide bonds. The molecule has 3 rings (SSSR count). The SMILES string of the molecule is CCc1nnc2ccc(N3CCC(C)C(OC)C3)nn12. The average molecular weight is 275 g/mol. The zero-order chi connectivity index (χ0) is 14.1. The Morgan fingerprint density at radius 2 is 2.20 bits per heavy atom. The van der Waals surface area contributed by atoms with Crippen LogP contribution >= 0.6 is 0 Å². The first-order chi connectivity index (χ1) is 9.72. The molecular weight excluding hydrogens is 254 g/mol. The third kappa shape index (κ3) is 2.24. The molecule has 6 heteroatoms. The zero-order valence-corrected chi connectivity index (χ0v) is 12.3. The lowest BCUT2D eigenvalue weighted by Gasteiger charge is -2.36. The summed E-state index contributed by atoms with van der Waals surface area (Å²) >= 11 is 0. The van der Waals surface area contributed by atoms with Gasteiger partial charge in [0.15, 0.2) is 11.5 Å². The van der Waals surface area contributed by atoms with Gasteiger partial charge in [-0.3, -0.25) is 0 Å². The Bertz CT molecular complexity index is 596. The van der Waals surface area contributed by atoms with Crippen LogP contribution in [-0.4, -0.2) is 46.1 Å². The topological polar surface area (TPSA) is 55.5 Å². The summed E-state index contributed by atoms with van der Waals surface area (Å²) in [4.78, 5) is 2.28. The predicted molar refractivity (Wildman–Crippen MR) is 77.0 cm³/mol.